The van der Waals surface area contributed by atoms with Gasteiger partial charge in [-0.25, -0.2) is 17.6 Å². The molecule has 256 valence electrons. The topological polar surface area (TPSA) is 131 Å². The normalized spacial score (nSPS) is 11.0. The van der Waals surface area contributed by atoms with Gasteiger partial charge in [-0.3, -0.25) is 9.52 Å². The summed E-state index contributed by atoms with van der Waals surface area (Å²) in [4.78, 5) is 26.1. The van der Waals surface area contributed by atoms with Crippen LogP contribution in [0.15, 0.2) is 150 Å². The van der Waals surface area contributed by atoms with Crippen LogP contribution in [0.4, 0.5) is 15.8 Å². The zero-order valence-electron chi connectivity index (χ0n) is 27.0. The van der Waals surface area contributed by atoms with E-state index in [1.54, 1.807) is 42.5 Å². The molecule has 6 rings (SSSR count). The molecule has 6 aromatic carbocycles. The Hall–Kier alpha value is -6.46. The highest BCUT2D eigenvalue weighted by atomic mass is 32.2. The maximum absolute atomic E-state index is 13.3. The Morgan fingerprint density at radius 3 is 1.98 bits per heavy atom. The minimum Gasteiger partial charge on any atom is -0.506 e. The van der Waals surface area contributed by atoms with Crippen LogP contribution >= 0.6 is 0 Å². The van der Waals surface area contributed by atoms with Crippen molar-refractivity contribution in [1.29, 1.82) is 0 Å². The first-order valence-corrected chi connectivity index (χ1v) is 17.2. The van der Waals surface area contributed by atoms with Gasteiger partial charge in [0.1, 0.15) is 36.1 Å². The molecule has 0 bridgehead atoms. The van der Waals surface area contributed by atoms with Gasteiger partial charge in [0.25, 0.3) is 15.9 Å². The molecule has 0 unspecified atom stereocenters. The number of carbonyl (C=O) groups is 2. The molecule has 0 aliphatic rings. The first-order valence-electron chi connectivity index (χ1n) is 15.7. The Bertz CT molecular complexity index is 2270. The van der Waals surface area contributed by atoms with Crippen molar-refractivity contribution in [3.8, 4) is 22.6 Å². The van der Waals surface area contributed by atoms with Crippen molar-refractivity contribution in [2.24, 2.45) is 0 Å². The third-order valence-electron chi connectivity index (χ3n) is 7.75. The highest BCUT2D eigenvalue weighted by Gasteiger charge is 2.19. The van der Waals surface area contributed by atoms with Crippen LogP contribution in [0.5, 0.6) is 11.5 Å². The zero-order chi connectivity index (χ0) is 35.8. The molecular formula is C40H31FN2O7S. The number of hydrogen-bond acceptors (Lipinski definition) is 7. The van der Waals surface area contributed by atoms with Gasteiger partial charge in [0.2, 0.25) is 0 Å². The van der Waals surface area contributed by atoms with Gasteiger partial charge in [-0.15, -0.1) is 0 Å². The van der Waals surface area contributed by atoms with E-state index in [1.807, 2.05) is 60.7 Å². The monoisotopic (exact) mass is 702 g/mol. The fraction of sp³-hybridized carbons (Fsp3) is 0.0500. The van der Waals surface area contributed by atoms with E-state index in [1.165, 1.54) is 18.2 Å². The van der Waals surface area contributed by atoms with E-state index in [-0.39, 0.29) is 40.8 Å². The number of amides is 1. The summed E-state index contributed by atoms with van der Waals surface area (Å²) in [6.07, 6.45) is 0. The minimum atomic E-state index is -4.15. The average molecular weight is 703 g/mol. The van der Waals surface area contributed by atoms with E-state index >= 15 is 0 Å². The molecule has 3 N–H and O–H groups in total. The second-order valence-corrected chi connectivity index (χ2v) is 13.1. The van der Waals surface area contributed by atoms with Crippen molar-refractivity contribution in [3.63, 3.8) is 0 Å². The fourth-order valence-corrected chi connectivity index (χ4v) is 6.12. The molecule has 0 aliphatic carbocycles. The second kappa shape index (κ2) is 15.4. The number of anilines is 2. The molecule has 51 heavy (non-hydrogen) atoms. The van der Waals surface area contributed by atoms with Gasteiger partial charge < -0.3 is 19.9 Å². The number of rotatable bonds is 12. The predicted octanol–water partition coefficient (Wildman–Crippen LogP) is 8.19. The Morgan fingerprint density at radius 2 is 1.31 bits per heavy atom. The lowest BCUT2D eigenvalue weighted by molar-refractivity contribution is 0.0467. The Kier molecular flexibility index (Phi) is 10.4. The van der Waals surface area contributed by atoms with E-state index in [2.05, 4.69) is 10.0 Å². The molecule has 0 heterocycles. The maximum Gasteiger partial charge on any atom is 0.342 e. The summed E-state index contributed by atoms with van der Waals surface area (Å²) in [6.45, 7) is 0.342. The standard InChI is InChI=1S/C40H31FN2O7S/c41-32-16-19-34(20-17-32)51(47,48)43-36-24-33(18-22-37(36)44)42-39(45)30-13-11-29(12-14-30)31-15-21-35(40(46)50-26-28-9-5-2-6-10-28)38(23-31)49-25-27-7-3-1-4-8-27/h1-24,43-44H,25-26H2,(H,42,45). The van der Waals surface area contributed by atoms with Crippen molar-refractivity contribution in [3.05, 3.63) is 174 Å². The fourth-order valence-electron chi connectivity index (χ4n) is 5.06. The number of phenolic OH excluding ortho intramolecular Hbond substituents is 1. The first-order chi connectivity index (χ1) is 24.6. The molecule has 0 atom stereocenters. The van der Waals surface area contributed by atoms with E-state index in [9.17, 15) is 27.5 Å². The third kappa shape index (κ3) is 8.77. The lowest BCUT2D eigenvalue weighted by atomic mass is 10.0. The van der Waals surface area contributed by atoms with E-state index < -0.39 is 27.7 Å². The Labute approximate surface area is 294 Å². The predicted molar refractivity (Wildman–Crippen MR) is 191 cm³/mol. The minimum absolute atomic E-state index is 0.111. The maximum atomic E-state index is 13.3. The molecule has 0 aromatic heterocycles. The third-order valence-corrected chi connectivity index (χ3v) is 9.14. The van der Waals surface area contributed by atoms with Crippen molar-refractivity contribution < 1.29 is 37.0 Å². The molecule has 0 saturated heterocycles. The largest absolute Gasteiger partial charge is 0.506 e. The van der Waals surface area contributed by atoms with Crippen molar-refractivity contribution in [1.82, 2.24) is 0 Å². The van der Waals surface area contributed by atoms with Gasteiger partial charge in [0, 0.05) is 11.3 Å². The summed E-state index contributed by atoms with van der Waals surface area (Å²) in [5.41, 5.74) is 3.89. The number of phenols is 1. The molecule has 11 heteroatoms. The Morgan fingerprint density at radius 1 is 0.686 bits per heavy atom. The first kappa shape index (κ1) is 34.4. The van der Waals surface area contributed by atoms with Crippen LogP contribution in [0.3, 0.4) is 0 Å². The molecule has 9 nitrogen and oxygen atoms in total. The summed E-state index contributed by atoms with van der Waals surface area (Å²) in [7, 11) is -4.15. The number of aromatic hydroxyl groups is 1. The number of esters is 1. The van der Waals surface area contributed by atoms with Crippen LogP contribution in [0.1, 0.15) is 31.8 Å². The van der Waals surface area contributed by atoms with Crippen LogP contribution < -0.4 is 14.8 Å². The van der Waals surface area contributed by atoms with E-state index in [0.717, 1.165) is 46.5 Å². The number of ether oxygens (including phenoxy) is 2. The summed E-state index contributed by atoms with van der Waals surface area (Å²) >= 11 is 0. The highest BCUT2D eigenvalue weighted by Crippen LogP contribution is 2.31. The van der Waals surface area contributed by atoms with Crippen molar-refractivity contribution in [2.75, 3.05) is 10.0 Å². The molecule has 0 fully saturated rings. The average Bonchev–Trinajstić information content (AvgIpc) is 3.15. The lowest BCUT2D eigenvalue weighted by Gasteiger charge is -2.14. The molecule has 0 saturated carbocycles. The molecule has 6 aromatic rings. The summed E-state index contributed by atoms with van der Waals surface area (Å²) in [5.74, 6) is -1.63. The summed E-state index contributed by atoms with van der Waals surface area (Å²) < 4.78 is 52.8. The van der Waals surface area contributed by atoms with Crippen LogP contribution in [-0.4, -0.2) is 25.4 Å². The van der Waals surface area contributed by atoms with E-state index in [4.69, 9.17) is 9.47 Å². The highest BCUT2D eigenvalue weighted by molar-refractivity contribution is 7.92. The van der Waals surface area contributed by atoms with Crippen molar-refractivity contribution in [2.45, 2.75) is 18.1 Å². The van der Waals surface area contributed by atoms with Gasteiger partial charge in [0.05, 0.1) is 10.6 Å². The lowest BCUT2D eigenvalue weighted by Crippen LogP contribution is -2.14. The van der Waals surface area contributed by atoms with Crippen LogP contribution in [0.2, 0.25) is 0 Å². The van der Waals surface area contributed by atoms with Crippen LogP contribution in [-0.2, 0) is 28.0 Å². The van der Waals surface area contributed by atoms with Crippen LogP contribution in [0, 0.1) is 5.82 Å². The van der Waals surface area contributed by atoms with Gasteiger partial charge in [-0.2, -0.15) is 0 Å². The number of carbonyl (C=O) groups excluding carboxylic acids is 2. The number of nitrogens with one attached hydrogen (secondary N) is 2. The van der Waals surface area contributed by atoms with Crippen molar-refractivity contribution >= 4 is 33.3 Å². The van der Waals surface area contributed by atoms with Gasteiger partial charge in [0.15, 0.2) is 0 Å². The zero-order valence-corrected chi connectivity index (χ0v) is 27.8. The quantitative estimate of drug-likeness (QED) is 0.0666. The molecule has 0 aliphatic heterocycles. The number of hydrogen-bond donors (Lipinski definition) is 3. The molecule has 0 spiro atoms. The summed E-state index contributed by atoms with van der Waals surface area (Å²) in [5, 5.41) is 13.0. The number of benzene rings is 6. The van der Waals surface area contributed by atoms with Crippen LogP contribution in [0.25, 0.3) is 11.1 Å². The van der Waals surface area contributed by atoms with E-state index in [0.29, 0.717) is 11.3 Å². The SMILES string of the molecule is O=C(Nc1ccc(O)c(NS(=O)(=O)c2ccc(F)cc2)c1)c1ccc(-c2ccc(C(=O)OCc3ccccc3)c(OCc3ccccc3)c2)cc1. The molecular weight excluding hydrogens is 672 g/mol. The van der Waals surface area contributed by atoms with Gasteiger partial charge >= 0.3 is 5.97 Å². The number of sulfonamides is 1. The number of halogens is 1. The summed E-state index contributed by atoms with van der Waals surface area (Å²) in [6, 6.07) is 39.0. The molecule has 0 radical (unpaired) electrons. The Balaban J connectivity index is 1.17. The van der Waals surface area contributed by atoms with Gasteiger partial charge in [-0.05, 0) is 89.0 Å². The molecule has 1 amide bonds. The van der Waals surface area contributed by atoms with Gasteiger partial charge in [-0.1, -0.05) is 78.9 Å². The second-order valence-electron chi connectivity index (χ2n) is 11.4. The smallest absolute Gasteiger partial charge is 0.342 e.